The molecule has 1 aromatic carbocycles. The van der Waals surface area contributed by atoms with E-state index in [0.29, 0.717) is 5.56 Å². The summed E-state index contributed by atoms with van der Waals surface area (Å²) in [5, 5.41) is 18.3. The number of primary amides is 1. The topological polar surface area (TPSA) is 159 Å². The van der Waals surface area contributed by atoms with E-state index < -0.39 is 30.4 Å². The summed E-state index contributed by atoms with van der Waals surface area (Å²) in [4.78, 5) is 39.5. The molecule has 0 radical (unpaired) electrons. The molecule has 1 aromatic rings. The van der Waals surface area contributed by atoms with Gasteiger partial charge < -0.3 is 21.7 Å². The van der Waals surface area contributed by atoms with Crippen LogP contribution >= 0.6 is 0 Å². The second kappa shape index (κ2) is 7.58. The Morgan fingerprint density at radius 3 is 2.48 bits per heavy atom. The number of carboxylic acid groups (broad SMARTS) is 1. The van der Waals surface area contributed by atoms with Crippen molar-refractivity contribution in [2.75, 3.05) is 6.54 Å². The van der Waals surface area contributed by atoms with Gasteiger partial charge in [0.05, 0.1) is 6.04 Å². The number of nitrogens with two attached hydrogens (primary N) is 2. The zero-order chi connectivity index (χ0) is 18.6. The van der Waals surface area contributed by atoms with E-state index in [-0.39, 0.29) is 30.1 Å². The second-order valence-electron chi connectivity index (χ2n) is 5.49. The third-order valence-electron chi connectivity index (χ3n) is 3.50. The Bertz CT molecular complexity index is 754. The highest BCUT2D eigenvalue weighted by molar-refractivity contribution is 6.16. The number of carbonyl (C=O) groups excluding carboxylic acids is 2. The van der Waals surface area contributed by atoms with Crippen LogP contribution in [-0.2, 0) is 14.4 Å². The summed E-state index contributed by atoms with van der Waals surface area (Å²) in [6, 6.07) is 5.25. The van der Waals surface area contributed by atoms with E-state index in [1.54, 1.807) is 12.1 Å². The zero-order valence-electron chi connectivity index (χ0n) is 13.3. The van der Waals surface area contributed by atoms with E-state index in [9.17, 15) is 19.5 Å². The molecule has 9 heteroatoms. The average Bonchev–Trinajstić information content (AvgIpc) is 2.83. The van der Waals surface area contributed by atoms with Crippen LogP contribution in [0.3, 0.4) is 0 Å². The number of nitrogens with zero attached hydrogens (tertiary/aromatic N) is 2. The molecular weight excluding hydrogens is 328 g/mol. The number of carbonyl (C=O) groups is 3. The first-order chi connectivity index (χ1) is 11.8. The number of phenols is 1. The number of aliphatic imine (C=N–C) groups is 1. The second-order valence-corrected chi connectivity index (χ2v) is 5.49. The molecule has 1 aliphatic heterocycles. The number of aromatic hydroxyl groups is 1. The third kappa shape index (κ3) is 4.64. The molecule has 1 heterocycles. The lowest BCUT2D eigenvalue weighted by atomic mass is 10.1. The fourth-order valence-electron chi connectivity index (χ4n) is 2.29. The maximum absolute atomic E-state index is 12.4. The third-order valence-corrected chi connectivity index (χ3v) is 3.50. The highest BCUT2D eigenvalue weighted by Gasteiger charge is 2.34. The van der Waals surface area contributed by atoms with E-state index >= 15 is 0 Å². The SMILES string of the molecule is NC(=O)CC[C@H](N)C1=N/C(=C/c2ccc(O)cc2)C(=O)N1CC(=O)O. The van der Waals surface area contributed by atoms with Crippen LogP contribution in [-0.4, -0.2) is 51.3 Å². The molecule has 2 rings (SSSR count). The predicted molar refractivity (Wildman–Crippen MR) is 89.3 cm³/mol. The molecule has 0 fully saturated rings. The Labute approximate surface area is 143 Å². The van der Waals surface area contributed by atoms with Gasteiger partial charge in [0.2, 0.25) is 5.91 Å². The first kappa shape index (κ1) is 18.1. The molecule has 0 bridgehead atoms. The highest BCUT2D eigenvalue weighted by atomic mass is 16.4. The van der Waals surface area contributed by atoms with Gasteiger partial charge in [0.1, 0.15) is 23.8 Å². The number of rotatable bonds is 7. The molecule has 1 atom stereocenters. The maximum atomic E-state index is 12.4. The number of amides is 2. The lowest BCUT2D eigenvalue weighted by Gasteiger charge is -2.20. The quantitative estimate of drug-likeness (QED) is 0.494. The van der Waals surface area contributed by atoms with Gasteiger partial charge in [-0.15, -0.1) is 0 Å². The first-order valence-electron chi connectivity index (χ1n) is 7.44. The van der Waals surface area contributed by atoms with Crippen molar-refractivity contribution in [2.45, 2.75) is 18.9 Å². The minimum atomic E-state index is -1.21. The molecule has 25 heavy (non-hydrogen) atoms. The molecule has 0 spiro atoms. The fraction of sp³-hybridized carbons (Fsp3) is 0.250. The van der Waals surface area contributed by atoms with Gasteiger partial charge in [-0.25, -0.2) is 4.99 Å². The van der Waals surface area contributed by atoms with Gasteiger partial charge in [-0.1, -0.05) is 12.1 Å². The Hall–Kier alpha value is -3.20. The molecule has 0 saturated heterocycles. The Morgan fingerprint density at radius 2 is 1.92 bits per heavy atom. The van der Waals surface area contributed by atoms with Crippen molar-refractivity contribution in [1.29, 1.82) is 0 Å². The molecule has 6 N–H and O–H groups in total. The smallest absolute Gasteiger partial charge is 0.323 e. The van der Waals surface area contributed by atoms with Gasteiger partial charge in [-0.2, -0.15) is 0 Å². The van der Waals surface area contributed by atoms with E-state index in [2.05, 4.69) is 4.99 Å². The van der Waals surface area contributed by atoms with Gasteiger partial charge in [0.25, 0.3) is 5.91 Å². The number of hydrogen-bond donors (Lipinski definition) is 4. The molecule has 0 saturated carbocycles. The number of phenolic OH excluding ortho intramolecular Hbond substituents is 1. The lowest BCUT2D eigenvalue weighted by Crippen LogP contribution is -2.45. The van der Waals surface area contributed by atoms with Crippen molar-refractivity contribution in [2.24, 2.45) is 16.5 Å². The van der Waals surface area contributed by atoms with Crippen molar-refractivity contribution >= 4 is 29.7 Å². The Kier molecular flexibility index (Phi) is 5.50. The van der Waals surface area contributed by atoms with Crippen molar-refractivity contribution in [1.82, 2.24) is 4.90 Å². The molecule has 2 amide bonds. The molecule has 0 aliphatic carbocycles. The van der Waals surface area contributed by atoms with Gasteiger partial charge in [0.15, 0.2) is 0 Å². The summed E-state index contributed by atoms with van der Waals surface area (Å²) in [6.45, 7) is -0.588. The molecule has 0 unspecified atom stereocenters. The molecular formula is C16H18N4O5. The van der Waals surface area contributed by atoms with Crippen molar-refractivity contribution in [3.8, 4) is 5.75 Å². The number of benzene rings is 1. The minimum absolute atomic E-state index is 0.00764. The van der Waals surface area contributed by atoms with Crippen LogP contribution in [0.5, 0.6) is 5.75 Å². The van der Waals surface area contributed by atoms with Gasteiger partial charge in [0, 0.05) is 6.42 Å². The number of aliphatic carboxylic acids is 1. The lowest BCUT2D eigenvalue weighted by molar-refractivity contribution is -0.140. The summed E-state index contributed by atoms with van der Waals surface area (Å²) in [5.41, 5.74) is 11.7. The molecule has 1 aliphatic rings. The fourth-order valence-corrected chi connectivity index (χ4v) is 2.29. The van der Waals surface area contributed by atoms with Gasteiger partial charge in [-0.05, 0) is 30.2 Å². The predicted octanol–water partition coefficient (Wildman–Crippen LogP) is -0.349. The number of amidine groups is 1. The van der Waals surface area contributed by atoms with Crippen molar-refractivity contribution in [3.05, 3.63) is 35.5 Å². The summed E-state index contributed by atoms with van der Waals surface area (Å²) >= 11 is 0. The molecule has 9 nitrogen and oxygen atoms in total. The monoisotopic (exact) mass is 346 g/mol. The summed E-state index contributed by atoms with van der Waals surface area (Å²) in [7, 11) is 0. The summed E-state index contributed by atoms with van der Waals surface area (Å²) in [6.07, 6.45) is 1.60. The number of carboxylic acids is 1. The Morgan fingerprint density at radius 1 is 1.28 bits per heavy atom. The van der Waals surface area contributed by atoms with Crippen LogP contribution in [0.25, 0.3) is 6.08 Å². The normalized spacial score (nSPS) is 16.8. The van der Waals surface area contributed by atoms with E-state index in [1.807, 2.05) is 0 Å². The Balaban J connectivity index is 2.31. The van der Waals surface area contributed by atoms with Gasteiger partial charge in [-0.3, -0.25) is 19.3 Å². The zero-order valence-corrected chi connectivity index (χ0v) is 13.3. The van der Waals surface area contributed by atoms with Crippen molar-refractivity contribution in [3.63, 3.8) is 0 Å². The van der Waals surface area contributed by atoms with Crippen LogP contribution in [0.2, 0.25) is 0 Å². The molecule has 0 aromatic heterocycles. The van der Waals surface area contributed by atoms with Crippen LogP contribution in [0.4, 0.5) is 0 Å². The summed E-state index contributed by atoms with van der Waals surface area (Å²) in [5.74, 6) is -2.21. The van der Waals surface area contributed by atoms with Crippen LogP contribution in [0.1, 0.15) is 18.4 Å². The van der Waals surface area contributed by atoms with Crippen LogP contribution in [0.15, 0.2) is 35.0 Å². The van der Waals surface area contributed by atoms with Gasteiger partial charge >= 0.3 is 5.97 Å². The summed E-state index contributed by atoms with van der Waals surface area (Å²) < 4.78 is 0. The number of hydrogen-bond acceptors (Lipinski definition) is 6. The standard InChI is InChI=1S/C16H18N4O5/c17-11(5-6-13(18)22)15-19-12(16(25)20(15)8-14(23)24)7-9-1-3-10(21)4-2-9/h1-4,7,11,21H,5-6,8,17H2,(H2,18,22)(H,23,24)/b12-7+/t11-/m0/s1. The largest absolute Gasteiger partial charge is 0.508 e. The van der Waals surface area contributed by atoms with E-state index in [1.165, 1.54) is 18.2 Å². The maximum Gasteiger partial charge on any atom is 0.323 e. The average molecular weight is 346 g/mol. The minimum Gasteiger partial charge on any atom is -0.508 e. The molecule has 132 valence electrons. The van der Waals surface area contributed by atoms with Crippen LogP contribution < -0.4 is 11.5 Å². The van der Waals surface area contributed by atoms with Crippen LogP contribution in [0, 0.1) is 0 Å². The van der Waals surface area contributed by atoms with E-state index in [0.717, 1.165) is 4.90 Å². The first-order valence-corrected chi connectivity index (χ1v) is 7.44. The highest BCUT2D eigenvalue weighted by Crippen LogP contribution is 2.21. The van der Waals surface area contributed by atoms with Crippen molar-refractivity contribution < 1.29 is 24.6 Å². The van der Waals surface area contributed by atoms with E-state index in [4.69, 9.17) is 16.6 Å².